The number of carbonyl (C=O) groups is 2. The third kappa shape index (κ3) is 4.10. The molecule has 2 amide bonds. The van der Waals surface area contributed by atoms with Crippen molar-refractivity contribution in [1.82, 2.24) is 15.5 Å². The minimum Gasteiger partial charge on any atom is -0.330 e. The highest BCUT2D eigenvalue weighted by atomic mass is 19.4. The summed E-state index contributed by atoms with van der Waals surface area (Å²) in [5, 5.41) is 13.6. The average Bonchev–Trinajstić information content (AvgIpc) is 3.15. The molecule has 0 aliphatic carbocycles. The van der Waals surface area contributed by atoms with Crippen LogP contribution in [-0.2, 0) is 22.2 Å². The summed E-state index contributed by atoms with van der Waals surface area (Å²) in [5.41, 5.74) is 2.66. The Morgan fingerprint density at radius 2 is 1.91 bits per heavy atom. The number of carbonyl (C=O) groups excluding carboxylic acids is 2. The van der Waals surface area contributed by atoms with Crippen molar-refractivity contribution in [3.8, 4) is 0 Å². The van der Waals surface area contributed by atoms with Gasteiger partial charge in [-0.25, -0.2) is 0 Å². The predicted octanol–water partition coefficient (Wildman–Crippen LogP) is 4.66. The smallest absolute Gasteiger partial charge is 0.330 e. The zero-order valence-corrected chi connectivity index (χ0v) is 17.4. The molecular weight excluding hydrogens is 421 g/mol. The monoisotopic (exact) mass is 442 g/mol. The van der Waals surface area contributed by atoms with Gasteiger partial charge in [0.1, 0.15) is 0 Å². The Bertz CT molecular complexity index is 1230. The van der Waals surface area contributed by atoms with Gasteiger partial charge < -0.3 is 10.6 Å². The molecule has 1 atom stereocenters. The largest absolute Gasteiger partial charge is 0.416 e. The molecule has 9 heteroatoms. The van der Waals surface area contributed by atoms with Crippen LogP contribution >= 0.6 is 0 Å². The quantitative estimate of drug-likeness (QED) is 0.549. The Morgan fingerprint density at radius 1 is 1.19 bits per heavy atom. The number of amides is 2. The van der Waals surface area contributed by atoms with Crippen LogP contribution in [0, 0.1) is 0 Å². The summed E-state index contributed by atoms with van der Waals surface area (Å²) in [6.07, 6.45) is -3.75. The Kier molecular flexibility index (Phi) is 5.50. The number of rotatable bonds is 4. The first kappa shape index (κ1) is 21.6. The van der Waals surface area contributed by atoms with Crippen molar-refractivity contribution in [3.63, 3.8) is 0 Å². The highest BCUT2D eigenvalue weighted by molar-refractivity contribution is 6.07. The molecule has 4 rings (SSSR count). The van der Waals surface area contributed by atoms with Gasteiger partial charge in [0, 0.05) is 40.4 Å². The summed E-state index contributed by atoms with van der Waals surface area (Å²) in [6, 6.07) is 9.90. The molecule has 1 aliphatic rings. The normalized spacial score (nSPS) is 16.9. The lowest BCUT2D eigenvalue weighted by molar-refractivity contribution is -0.137. The summed E-state index contributed by atoms with van der Waals surface area (Å²) in [7, 11) is 0. The number of aromatic amines is 1. The number of nitrogens with zero attached hydrogens (tertiary/aromatic N) is 1. The summed E-state index contributed by atoms with van der Waals surface area (Å²) in [4.78, 5) is 25.3. The molecule has 0 fully saturated rings. The third-order valence-electron chi connectivity index (χ3n) is 5.60. The molecule has 3 N–H and O–H groups in total. The maximum Gasteiger partial charge on any atom is 0.416 e. The van der Waals surface area contributed by atoms with E-state index < -0.39 is 23.6 Å². The highest BCUT2D eigenvalue weighted by Crippen LogP contribution is 2.36. The van der Waals surface area contributed by atoms with Crippen LogP contribution in [0.4, 0.5) is 18.9 Å². The molecule has 2 heterocycles. The zero-order chi connectivity index (χ0) is 23.0. The topological polar surface area (TPSA) is 86.9 Å². The Morgan fingerprint density at radius 3 is 2.56 bits per heavy atom. The van der Waals surface area contributed by atoms with Crippen molar-refractivity contribution < 1.29 is 22.8 Å². The second kappa shape index (κ2) is 8.14. The highest BCUT2D eigenvalue weighted by Gasteiger charge is 2.34. The van der Waals surface area contributed by atoms with Crippen molar-refractivity contribution >= 4 is 28.4 Å². The van der Waals surface area contributed by atoms with Gasteiger partial charge >= 0.3 is 6.18 Å². The number of allylic oxidation sites excluding steroid dienone is 1. The van der Waals surface area contributed by atoms with E-state index in [1.807, 2.05) is 13.0 Å². The minimum absolute atomic E-state index is 0.0355. The molecule has 166 valence electrons. The fourth-order valence-electron chi connectivity index (χ4n) is 4.00. The first-order valence-electron chi connectivity index (χ1n) is 10.1. The van der Waals surface area contributed by atoms with Gasteiger partial charge in [0.05, 0.1) is 11.1 Å². The van der Waals surface area contributed by atoms with Crippen molar-refractivity contribution in [1.29, 1.82) is 0 Å². The SMILES string of the molecule is CCc1[nH]nc2ccc(NC(=O)C3=C(C)NC(=O)CC3c3ccc(C(F)(F)F)cc3)cc12. The van der Waals surface area contributed by atoms with Gasteiger partial charge in [-0.2, -0.15) is 18.3 Å². The van der Waals surface area contributed by atoms with Gasteiger partial charge in [-0.15, -0.1) is 0 Å². The number of H-pyrrole nitrogens is 1. The summed E-state index contributed by atoms with van der Waals surface area (Å²) >= 11 is 0. The van der Waals surface area contributed by atoms with E-state index in [4.69, 9.17) is 0 Å². The van der Waals surface area contributed by atoms with Gasteiger partial charge in [-0.3, -0.25) is 14.7 Å². The molecule has 3 aromatic rings. The number of anilines is 1. The number of hydrogen-bond acceptors (Lipinski definition) is 3. The number of fused-ring (bicyclic) bond motifs is 1. The van der Waals surface area contributed by atoms with Gasteiger partial charge in [0.15, 0.2) is 0 Å². The standard InChI is InChI=1S/C23H21F3N4O2/c1-3-18-17-10-15(8-9-19(17)30-29-18)28-22(32)21-12(2)27-20(31)11-16(21)13-4-6-14(7-5-13)23(24,25)26/h4-10,16H,3,11H2,1-2H3,(H,27,31)(H,28,32)(H,29,30). The molecule has 0 bridgehead atoms. The van der Waals surface area contributed by atoms with Crippen LogP contribution in [0.15, 0.2) is 53.7 Å². The van der Waals surface area contributed by atoms with E-state index in [2.05, 4.69) is 20.8 Å². The van der Waals surface area contributed by atoms with Crippen molar-refractivity contribution in [2.45, 2.75) is 38.8 Å². The van der Waals surface area contributed by atoms with Crippen LogP contribution < -0.4 is 10.6 Å². The molecule has 2 aromatic carbocycles. The van der Waals surface area contributed by atoms with E-state index in [9.17, 15) is 22.8 Å². The maximum absolute atomic E-state index is 13.2. The molecule has 0 radical (unpaired) electrons. The summed E-state index contributed by atoms with van der Waals surface area (Å²) in [6.45, 7) is 3.60. The van der Waals surface area contributed by atoms with Crippen LogP contribution in [0.2, 0.25) is 0 Å². The van der Waals surface area contributed by atoms with Crippen LogP contribution in [0.3, 0.4) is 0 Å². The second-order valence-corrected chi connectivity index (χ2v) is 7.71. The molecule has 0 saturated heterocycles. The van der Waals surface area contributed by atoms with E-state index in [0.29, 0.717) is 22.5 Å². The van der Waals surface area contributed by atoms with Crippen molar-refractivity contribution in [3.05, 3.63) is 70.6 Å². The number of halogens is 3. The van der Waals surface area contributed by atoms with Crippen LogP contribution in [0.25, 0.3) is 10.9 Å². The fraction of sp³-hybridized carbons (Fsp3) is 0.261. The van der Waals surface area contributed by atoms with E-state index in [0.717, 1.165) is 35.2 Å². The zero-order valence-electron chi connectivity index (χ0n) is 17.4. The third-order valence-corrected chi connectivity index (χ3v) is 5.60. The number of aromatic nitrogens is 2. The number of hydrogen-bond donors (Lipinski definition) is 3. The molecular formula is C23H21F3N4O2. The van der Waals surface area contributed by atoms with E-state index >= 15 is 0 Å². The summed E-state index contributed by atoms with van der Waals surface area (Å²) < 4.78 is 38.8. The molecule has 32 heavy (non-hydrogen) atoms. The number of alkyl halides is 3. The summed E-state index contributed by atoms with van der Waals surface area (Å²) in [5.74, 6) is -1.38. The number of benzene rings is 2. The van der Waals surface area contributed by atoms with Crippen molar-refractivity contribution in [2.24, 2.45) is 0 Å². The lowest BCUT2D eigenvalue weighted by Crippen LogP contribution is -2.35. The second-order valence-electron chi connectivity index (χ2n) is 7.71. The fourth-order valence-corrected chi connectivity index (χ4v) is 4.00. The van der Waals surface area contributed by atoms with Gasteiger partial charge in [0.2, 0.25) is 5.91 Å². The molecule has 0 saturated carbocycles. The van der Waals surface area contributed by atoms with Crippen LogP contribution in [0.5, 0.6) is 0 Å². The van der Waals surface area contributed by atoms with Crippen LogP contribution in [0.1, 0.15) is 43.0 Å². The van der Waals surface area contributed by atoms with Gasteiger partial charge in [0.25, 0.3) is 5.91 Å². The predicted molar refractivity (Wildman–Crippen MR) is 114 cm³/mol. The first-order chi connectivity index (χ1) is 15.2. The molecule has 1 aliphatic heterocycles. The molecule has 1 unspecified atom stereocenters. The number of aryl methyl sites for hydroxylation is 1. The average molecular weight is 442 g/mol. The van der Waals surface area contributed by atoms with E-state index in [1.165, 1.54) is 12.1 Å². The van der Waals surface area contributed by atoms with Gasteiger partial charge in [-0.1, -0.05) is 19.1 Å². The van der Waals surface area contributed by atoms with E-state index in [1.54, 1.807) is 19.1 Å². The Balaban J connectivity index is 1.65. The van der Waals surface area contributed by atoms with Crippen molar-refractivity contribution in [2.75, 3.05) is 5.32 Å². The number of nitrogens with one attached hydrogen (secondary N) is 3. The Labute approximate surface area is 181 Å². The lowest BCUT2D eigenvalue weighted by atomic mass is 9.83. The lowest BCUT2D eigenvalue weighted by Gasteiger charge is -2.27. The maximum atomic E-state index is 13.2. The molecule has 6 nitrogen and oxygen atoms in total. The Hall–Kier alpha value is -3.62. The van der Waals surface area contributed by atoms with Crippen LogP contribution in [-0.4, -0.2) is 22.0 Å². The molecule has 0 spiro atoms. The minimum atomic E-state index is -4.46. The molecule has 1 aromatic heterocycles. The van der Waals surface area contributed by atoms with Gasteiger partial charge in [-0.05, 0) is 49.2 Å². The first-order valence-corrected chi connectivity index (χ1v) is 10.1. The van der Waals surface area contributed by atoms with E-state index in [-0.39, 0.29) is 12.3 Å².